The Bertz CT molecular complexity index is 286. The second kappa shape index (κ2) is 6.01. The maximum Gasteiger partial charge on any atom is 0.0922 e. The molecule has 0 spiro atoms. The minimum atomic E-state index is 0.366. The van der Waals surface area contributed by atoms with Gasteiger partial charge in [0.2, 0.25) is 0 Å². The molecule has 1 aromatic rings. The van der Waals surface area contributed by atoms with Crippen molar-refractivity contribution in [1.29, 1.82) is 0 Å². The van der Waals surface area contributed by atoms with Crippen molar-refractivity contribution in [3.8, 4) is 0 Å². The summed E-state index contributed by atoms with van der Waals surface area (Å²) >= 11 is 0. The molecule has 1 aromatic heterocycles. The summed E-state index contributed by atoms with van der Waals surface area (Å²) in [5, 5.41) is 3.57. The highest BCUT2D eigenvalue weighted by Gasteiger charge is 2.22. The molecule has 1 heterocycles. The summed E-state index contributed by atoms with van der Waals surface area (Å²) in [7, 11) is 1.82. The summed E-state index contributed by atoms with van der Waals surface area (Å²) in [4.78, 5) is 7.13. The Morgan fingerprint density at radius 2 is 2.31 bits per heavy atom. The molecule has 0 radical (unpaired) electrons. The summed E-state index contributed by atoms with van der Waals surface area (Å²) in [5.41, 5.74) is 1.14. The van der Waals surface area contributed by atoms with E-state index in [-0.39, 0.29) is 0 Å². The number of imidazole rings is 1. The van der Waals surface area contributed by atoms with E-state index in [4.69, 9.17) is 4.74 Å². The predicted octanol–water partition coefficient (Wildman–Crippen LogP) is 1.85. The number of nitrogens with zero attached hydrogens (tertiary/aromatic N) is 1. The van der Waals surface area contributed by atoms with Crippen LogP contribution in [0.2, 0.25) is 0 Å². The Kier molecular flexibility index (Phi) is 4.36. The maximum atomic E-state index is 5.57. The molecule has 1 aliphatic rings. The average Bonchev–Trinajstić information content (AvgIpc) is 2.71. The summed E-state index contributed by atoms with van der Waals surface area (Å²) in [6.07, 6.45) is 10.3. The van der Waals surface area contributed by atoms with Crippen molar-refractivity contribution in [1.82, 2.24) is 15.3 Å². The van der Waals surface area contributed by atoms with Crippen molar-refractivity contribution in [2.45, 2.75) is 50.8 Å². The van der Waals surface area contributed by atoms with Crippen LogP contribution in [0.1, 0.15) is 37.8 Å². The minimum Gasteiger partial charge on any atom is -0.380 e. The van der Waals surface area contributed by atoms with E-state index in [0.717, 1.165) is 12.2 Å². The Labute approximate surface area is 96.8 Å². The first kappa shape index (κ1) is 11.6. The molecule has 16 heavy (non-hydrogen) atoms. The summed E-state index contributed by atoms with van der Waals surface area (Å²) in [6.45, 7) is 0.852. The highest BCUT2D eigenvalue weighted by Crippen LogP contribution is 2.20. The third kappa shape index (κ3) is 3.06. The van der Waals surface area contributed by atoms with Gasteiger partial charge in [-0.2, -0.15) is 0 Å². The van der Waals surface area contributed by atoms with Crippen molar-refractivity contribution < 1.29 is 4.74 Å². The number of hydrogen-bond acceptors (Lipinski definition) is 3. The molecule has 90 valence electrons. The van der Waals surface area contributed by atoms with Crippen LogP contribution in [-0.4, -0.2) is 29.2 Å². The zero-order valence-electron chi connectivity index (χ0n) is 9.91. The lowest BCUT2D eigenvalue weighted by atomic mass is 10.1. The number of aromatic amines is 1. The number of methoxy groups -OCH3 is 1. The monoisotopic (exact) mass is 223 g/mol. The number of rotatable bonds is 4. The van der Waals surface area contributed by atoms with Crippen molar-refractivity contribution >= 4 is 0 Å². The smallest absolute Gasteiger partial charge is 0.0922 e. The highest BCUT2D eigenvalue weighted by molar-refractivity contribution is 4.94. The van der Waals surface area contributed by atoms with Gasteiger partial charge < -0.3 is 15.0 Å². The van der Waals surface area contributed by atoms with Crippen LogP contribution in [0.3, 0.4) is 0 Å². The van der Waals surface area contributed by atoms with E-state index >= 15 is 0 Å². The largest absolute Gasteiger partial charge is 0.380 e. The second-order valence-electron chi connectivity index (χ2n) is 4.48. The first-order valence-corrected chi connectivity index (χ1v) is 6.13. The summed E-state index contributed by atoms with van der Waals surface area (Å²) < 4.78 is 5.57. The van der Waals surface area contributed by atoms with Crippen LogP contribution in [-0.2, 0) is 11.3 Å². The van der Waals surface area contributed by atoms with Gasteiger partial charge in [0.05, 0.1) is 12.4 Å². The number of hydrogen-bond donors (Lipinski definition) is 2. The van der Waals surface area contributed by atoms with Gasteiger partial charge in [-0.25, -0.2) is 4.98 Å². The first-order valence-electron chi connectivity index (χ1n) is 6.13. The predicted molar refractivity (Wildman–Crippen MR) is 63.1 cm³/mol. The van der Waals surface area contributed by atoms with Crippen LogP contribution < -0.4 is 5.32 Å². The molecule has 0 aliphatic heterocycles. The van der Waals surface area contributed by atoms with E-state index in [9.17, 15) is 0 Å². The summed E-state index contributed by atoms with van der Waals surface area (Å²) in [5.74, 6) is 0. The second-order valence-corrected chi connectivity index (χ2v) is 4.48. The Hall–Kier alpha value is -0.870. The zero-order valence-corrected chi connectivity index (χ0v) is 9.91. The van der Waals surface area contributed by atoms with Gasteiger partial charge in [-0.3, -0.25) is 0 Å². The minimum absolute atomic E-state index is 0.366. The van der Waals surface area contributed by atoms with Gasteiger partial charge in [0.25, 0.3) is 0 Å². The molecule has 0 amide bonds. The van der Waals surface area contributed by atoms with Crippen LogP contribution >= 0.6 is 0 Å². The molecular weight excluding hydrogens is 202 g/mol. The van der Waals surface area contributed by atoms with Gasteiger partial charge in [-0.05, 0) is 12.8 Å². The molecule has 0 bridgehead atoms. The molecule has 0 aromatic carbocycles. The third-order valence-corrected chi connectivity index (χ3v) is 3.36. The maximum absolute atomic E-state index is 5.57. The SMILES string of the molecule is COC1CCCCCC1NCc1cnc[nH]1. The fourth-order valence-electron chi connectivity index (χ4n) is 2.41. The van der Waals surface area contributed by atoms with Crippen molar-refractivity contribution in [2.24, 2.45) is 0 Å². The van der Waals surface area contributed by atoms with E-state index in [2.05, 4.69) is 15.3 Å². The van der Waals surface area contributed by atoms with Gasteiger partial charge in [0.1, 0.15) is 0 Å². The van der Waals surface area contributed by atoms with E-state index in [1.807, 2.05) is 13.3 Å². The van der Waals surface area contributed by atoms with E-state index < -0.39 is 0 Å². The highest BCUT2D eigenvalue weighted by atomic mass is 16.5. The molecule has 1 fully saturated rings. The lowest BCUT2D eigenvalue weighted by Crippen LogP contribution is -2.39. The molecular formula is C12H21N3O. The molecule has 2 atom stereocenters. The standard InChI is InChI=1S/C12H21N3O/c1-16-12-6-4-2-3-5-11(12)14-8-10-7-13-9-15-10/h7,9,11-12,14H,2-6,8H2,1H3,(H,13,15). The van der Waals surface area contributed by atoms with Crippen LogP contribution in [0.15, 0.2) is 12.5 Å². The lowest BCUT2D eigenvalue weighted by Gasteiger charge is -2.24. The van der Waals surface area contributed by atoms with Gasteiger partial charge >= 0.3 is 0 Å². The fourth-order valence-corrected chi connectivity index (χ4v) is 2.41. The van der Waals surface area contributed by atoms with Crippen molar-refractivity contribution in [3.63, 3.8) is 0 Å². The quantitative estimate of drug-likeness (QED) is 0.766. The van der Waals surface area contributed by atoms with E-state index in [1.165, 1.54) is 32.1 Å². The number of H-pyrrole nitrogens is 1. The van der Waals surface area contributed by atoms with Gasteiger partial charge in [0, 0.05) is 31.6 Å². The van der Waals surface area contributed by atoms with Crippen molar-refractivity contribution in [2.75, 3.05) is 7.11 Å². The zero-order chi connectivity index (χ0) is 11.2. The van der Waals surface area contributed by atoms with Crippen molar-refractivity contribution in [3.05, 3.63) is 18.2 Å². The molecule has 0 saturated heterocycles. The average molecular weight is 223 g/mol. The molecule has 2 unspecified atom stereocenters. The molecule has 1 saturated carbocycles. The molecule has 4 heteroatoms. The third-order valence-electron chi connectivity index (χ3n) is 3.36. The van der Waals surface area contributed by atoms with E-state index in [0.29, 0.717) is 12.1 Å². The van der Waals surface area contributed by atoms with Crippen LogP contribution in [0.25, 0.3) is 0 Å². The van der Waals surface area contributed by atoms with Crippen LogP contribution in [0.4, 0.5) is 0 Å². The first-order chi connectivity index (χ1) is 7.90. The summed E-state index contributed by atoms with van der Waals surface area (Å²) in [6, 6.07) is 0.482. The lowest BCUT2D eigenvalue weighted by molar-refractivity contribution is 0.0625. The normalized spacial score (nSPS) is 26.6. The topological polar surface area (TPSA) is 49.9 Å². The number of aromatic nitrogens is 2. The number of ether oxygens (including phenoxy) is 1. The van der Waals surface area contributed by atoms with Gasteiger partial charge in [-0.1, -0.05) is 19.3 Å². The fraction of sp³-hybridized carbons (Fsp3) is 0.750. The van der Waals surface area contributed by atoms with E-state index in [1.54, 1.807) is 6.33 Å². The molecule has 2 N–H and O–H groups in total. The molecule has 4 nitrogen and oxygen atoms in total. The Morgan fingerprint density at radius 1 is 1.44 bits per heavy atom. The molecule has 1 aliphatic carbocycles. The van der Waals surface area contributed by atoms with Crippen LogP contribution in [0, 0.1) is 0 Å². The number of nitrogens with one attached hydrogen (secondary N) is 2. The van der Waals surface area contributed by atoms with Crippen LogP contribution in [0.5, 0.6) is 0 Å². The van der Waals surface area contributed by atoms with Gasteiger partial charge in [0.15, 0.2) is 0 Å². The molecule has 2 rings (SSSR count). The van der Waals surface area contributed by atoms with Gasteiger partial charge in [-0.15, -0.1) is 0 Å². The Morgan fingerprint density at radius 3 is 3.06 bits per heavy atom. The Balaban J connectivity index is 1.85.